The van der Waals surface area contributed by atoms with Crippen LogP contribution in [0, 0.1) is 0 Å². The lowest BCUT2D eigenvalue weighted by atomic mass is 10.1. The van der Waals surface area contributed by atoms with Gasteiger partial charge < -0.3 is 15.2 Å². The Kier molecular flexibility index (Phi) is 3.44. The maximum atomic E-state index is 10.7. The second-order valence-corrected chi connectivity index (χ2v) is 4.07. The zero-order valence-electron chi connectivity index (χ0n) is 9.64. The van der Waals surface area contributed by atoms with Crippen LogP contribution in [0.3, 0.4) is 0 Å². The number of carbonyl (C=O) groups is 1. The number of hydrogen-bond donors (Lipinski definition) is 2. The normalized spacial score (nSPS) is 15.5. The Balaban J connectivity index is 2.00. The maximum Gasteiger partial charge on any atom is 0.320 e. The minimum Gasteiger partial charge on any atom is -0.489 e. The number of rotatable bonds is 4. The van der Waals surface area contributed by atoms with Gasteiger partial charge in [0.15, 0.2) is 0 Å². The minimum absolute atomic E-state index is 0.510. The molecule has 0 aliphatic carbocycles. The molecule has 4 heteroatoms. The third-order valence-corrected chi connectivity index (χ3v) is 2.70. The van der Waals surface area contributed by atoms with Crippen LogP contribution in [-0.4, -0.2) is 30.3 Å². The lowest BCUT2D eigenvalue weighted by Gasteiger charge is -2.19. The predicted molar refractivity (Wildman–Crippen MR) is 65.0 cm³/mol. The molecule has 2 rings (SSSR count). The zero-order chi connectivity index (χ0) is 12.3. The highest BCUT2D eigenvalue weighted by molar-refractivity contribution is 5.73. The fraction of sp³-hybridized carbons (Fsp3) is 0.308. The molecular weight excluding hydrogens is 218 g/mol. The molecule has 1 aromatic carbocycles. The van der Waals surface area contributed by atoms with Gasteiger partial charge in [-0.05, 0) is 24.6 Å². The molecule has 0 amide bonds. The van der Waals surface area contributed by atoms with E-state index in [1.54, 1.807) is 6.92 Å². The number of nitrogens with one attached hydrogen (secondary N) is 1. The number of para-hydroxylation sites is 1. The number of ether oxygens (including phenoxy) is 1. The van der Waals surface area contributed by atoms with Crippen molar-refractivity contribution in [2.75, 3.05) is 13.2 Å². The second-order valence-electron chi connectivity index (χ2n) is 4.07. The van der Waals surface area contributed by atoms with E-state index in [0.717, 1.165) is 16.9 Å². The van der Waals surface area contributed by atoms with E-state index in [9.17, 15) is 4.79 Å². The first-order valence-corrected chi connectivity index (χ1v) is 5.54. The summed E-state index contributed by atoms with van der Waals surface area (Å²) in [5.41, 5.74) is 2.09. The monoisotopic (exact) mass is 233 g/mol. The number of aliphatic carboxylic acids is 1. The van der Waals surface area contributed by atoms with Crippen LogP contribution in [0.2, 0.25) is 0 Å². The molecule has 1 aliphatic heterocycles. The molecule has 0 saturated heterocycles. The van der Waals surface area contributed by atoms with E-state index in [1.165, 1.54) is 0 Å². The van der Waals surface area contributed by atoms with Crippen LogP contribution >= 0.6 is 0 Å². The summed E-state index contributed by atoms with van der Waals surface area (Å²) in [6, 6.07) is 7.25. The van der Waals surface area contributed by atoms with Crippen molar-refractivity contribution in [3.8, 4) is 5.75 Å². The van der Waals surface area contributed by atoms with Gasteiger partial charge in [0.05, 0.1) is 0 Å². The predicted octanol–water partition coefficient (Wildman–Crippen LogP) is 1.53. The van der Waals surface area contributed by atoms with Crippen molar-refractivity contribution in [3.63, 3.8) is 0 Å². The van der Waals surface area contributed by atoms with Gasteiger partial charge in [-0.1, -0.05) is 18.2 Å². The van der Waals surface area contributed by atoms with Crippen LogP contribution in [0.4, 0.5) is 0 Å². The van der Waals surface area contributed by atoms with E-state index in [0.29, 0.717) is 13.2 Å². The molecule has 0 fully saturated rings. The highest BCUT2D eigenvalue weighted by Gasteiger charge is 2.13. The fourth-order valence-corrected chi connectivity index (χ4v) is 1.64. The number of hydrogen-bond acceptors (Lipinski definition) is 3. The maximum absolute atomic E-state index is 10.7. The SMILES string of the molecule is CC(NCC1=Cc2ccccc2OC1)C(=O)O. The molecule has 1 aromatic rings. The van der Waals surface area contributed by atoms with E-state index in [2.05, 4.69) is 5.32 Å². The third kappa shape index (κ3) is 2.85. The van der Waals surface area contributed by atoms with Gasteiger partial charge in [0.25, 0.3) is 0 Å². The average Bonchev–Trinajstić information content (AvgIpc) is 2.35. The number of benzene rings is 1. The summed E-state index contributed by atoms with van der Waals surface area (Å²) < 4.78 is 5.57. The van der Waals surface area contributed by atoms with Crippen molar-refractivity contribution in [2.24, 2.45) is 0 Å². The van der Waals surface area contributed by atoms with Crippen molar-refractivity contribution in [1.82, 2.24) is 5.32 Å². The number of carboxylic acid groups (broad SMARTS) is 1. The summed E-state index contributed by atoms with van der Waals surface area (Å²) in [6.07, 6.45) is 2.04. The van der Waals surface area contributed by atoms with E-state index in [-0.39, 0.29) is 0 Å². The van der Waals surface area contributed by atoms with Crippen molar-refractivity contribution < 1.29 is 14.6 Å². The number of carboxylic acids is 1. The Hall–Kier alpha value is -1.81. The molecule has 2 N–H and O–H groups in total. The van der Waals surface area contributed by atoms with Gasteiger partial charge in [-0.2, -0.15) is 0 Å². The Labute approximate surface area is 99.9 Å². The van der Waals surface area contributed by atoms with Crippen LogP contribution in [0.5, 0.6) is 5.75 Å². The van der Waals surface area contributed by atoms with Crippen molar-refractivity contribution in [1.29, 1.82) is 0 Å². The molecule has 4 nitrogen and oxygen atoms in total. The molecule has 0 radical (unpaired) electrons. The van der Waals surface area contributed by atoms with Gasteiger partial charge in [0, 0.05) is 12.1 Å². The summed E-state index contributed by atoms with van der Waals surface area (Å²) in [7, 11) is 0. The van der Waals surface area contributed by atoms with Crippen LogP contribution in [-0.2, 0) is 4.79 Å². The average molecular weight is 233 g/mol. The Morgan fingerprint density at radius 1 is 1.53 bits per heavy atom. The molecule has 17 heavy (non-hydrogen) atoms. The molecule has 1 heterocycles. The van der Waals surface area contributed by atoms with Crippen LogP contribution < -0.4 is 10.1 Å². The van der Waals surface area contributed by atoms with Crippen molar-refractivity contribution in [3.05, 3.63) is 35.4 Å². The van der Waals surface area contributed by atoms with Gasteiger partial charge in [0.2, 0.25) is 0 Å². The quantitative estimate of drug-likeness (QED) is 0.828. The molecule has 1 atom stereocenters. The van der Waals surface area contributed by atoms with Crippen molar-refractivity contribution >= 4 is 12.0 Å². The summed E-state index contributed by atoms with van der Waals surface area (Å²) in [5, 5.41) is 11.7. The lowest BCUT2D eigenvalue weighted by molar-refractivity contribution is -0.138. The van der Waals surface area contributed by atoms with Gasteiger partial charge >= 0.3 is 5.97 Å². The Morgan fingerprint density at radius 3 is 3.06 bits per heavy atom. The standard InChI is InChI=1S/C13H15NO3/c1-9(13(15)16)14-7-10-6-11-4-2-3-5-12(11)17-8-10/h2-6,9,14H,7-8H2,1H3,(H,15,16). The van der Waals surface area contributed by atoms with Gasteiger partial charge in [-0.3, -0.25) is 4.79 Å². The first-order valence-electron chi connectivity index (χ1n) is 5.54. The van der Waals surface area contributed by atoms with E-state index < -0.39 is 12.0 Å². The highest BCUT2D eigenvalue weighted by Crippen LogP contribution is 2.25. The summed E-state index contributed by atoms with van der Waals surface area (Å²) in [6.45, 7) is 2.67. The van der Waals surface area contributed by atoms with Crippen LogP contribution in [0.15, 0.2) is 29.8 Å². The first-order chi connectivity index (χ1) is 8.16. The molecule has 0 saturated carbocycles. The van der Waals surface area contributed by atoms with Gasteiger partial charge in [-0.15, -0.1) is 0 Å². The van der Waals surface area contributed by atoms with E-state index >= 15 is 0 Å². The van der Waals surface area contributed by atoms with E-state index in [1.807, 2.05) is 30.3 Å². The van der Waals surface area contributed by atoms with Crippen molar-refractivity contribution in [2.45, 2.75) is 13.0 Å². The smallest absolute Gasteiger partial charge is 0.320 e. The summed E-state index contributed by atoms with van der Waals surface area (Å²) in [4.78, 5) is 10.7. The Bertz CT molecular complexity index is 454. The first kappa shape index (κ1) is 11.7. The molecule has 0 spiro atoms. The summed E-state index contributed by atoms with van der Waals surface area (Å²) >= 11 is 0. The molecule has 1 unspecified atom stereocenters. The fourth-order valence-electron chi connectivity index (χ4n) is 1.64. The van der Waals surface area contributed by atoms with Gasteiger partial charge in [0.1, 0.15) is 18.4 Å². The van der Waals surface area contributed by atoms with Crippen LogP contribution in [0.1, 0.15) is 12.5 Å². The summed E-state index contributed by atoms with van der Waals surface area (Å²) in [5.74, 6) is 0.0326. The van der Waals surface area contributed by atoms with E-state index in [4.69, 9.17) is 9.84 Å². The zero-order valence-corrected chi connectivity index (χ0v) is 9.64. The minimum atomic E-state index is -0.845. The molecular formula is C13H15NO3. The molecule has 1 aliphatic rings. The molecule has 90 valence electrons. The third-order valence-electron chi connectivity index (χ3n) is 2.70. The second kappa shape index (κ2) is 5.01. The lowest BCUT2D eigenvalue weighted by Crippen LogP contribution is -2.35. The largest absolute Gasteiger partial charge is 0.489 e. The molecule has 0 aromatic heterocycles. The topological polar surface area (TPSA) is 58.6 Å². The van der Waals surface area contributed by atoms with Crippen LogP contribution in [0.25, 0.3) is 6.08 Å². The highest BCUT2D eigenvalue weighted by atomic mass is 16.5. The molecule has 0 bridgehead atoms. The van der Waals surface area contributed by atoms with Gasteiger partial charge in [-0.25, -0.2) is 0 Å². The number of fused-ring (bicyclic) bond motifs is 1. The Morgan fingerprint density at radius 2 is 2.29 bits per heavy atom.